The summed E-state index contributed by atoms with van der Waals surface area (Å²) in [5, 5.41) is 0. The van der Waals surface area contributed by atoms with E-state index in [1.807, 2.05) is 0 Å². The Hall–Kier alpha value is -1.23. The summed E-state index contributed by atoms with van der Waals surface area (Å²) < 4.78 is 42.3. The van der Waals surface area contributed by atoms with Crippen molar-refractivity contribution < 1.29 is 17.9 Å². The van der Waals surface area contributed by atoms with Crippen molar-refractivity contribution in [2.75, 3.05) is 13.0 Å². The van der Waals surface area contributed by atoms with Gasteiger partial charge in [0, 0.05) is 12.1 Å². The highest BCUT2D eigenvalue weighted by Gasteiger charge is 2.35. The molecule has 0 radical (unpaired) electrons. The third kappa shape index (κ3) is 3.13. The highest BCUT2D eigenvalue weighted by molar-refractivity contribution is 6.19. The third-order valence-corrected chi connectivity index (χ3v) is 1.95. The highest BCUT2D eigenvalue weighted by atomic mass is 35.5. The summed E-state index contributed by atoms with van der Waals surface area (Å²) >= 11 is 5.39. The Morgan fingerprint density at radius 2 is 2.19 bits per heavy atom. The number of methoxy groups -OCH3 is 1. The molecule has 0 saturated heterocycles. The van der Waals surface area contributed by atoms with Gasteiger partial charge < -0.3 is 4.74 Å². The molecule has 0 fully saturated rings. The Labute approximate surface area is 95.7 Å². The first-order valence-electron chi connectivity index (χ1n) is 4.32. The van der Waals surface area contributed by atoms with Crippen LogP contribution >= 0.6 is 11.6 Å². The average Bonchev–Trinajstić information content (AvgIpc) is 2.24. The summed E-state index contributed by atoms with van der Waals surface area (Å²) in [6, 6.07) is 0.967. The van der Waals surface area contributed by atoms with E-state index < -0.39 is 17.6 Å². The number of pyridine rings is 1. The minimum absolute atomic E-state index is 0.230. The smallest absolute Gasteiger partial charge is 0.421 e. The number of hydrogen-bond acceptors (Lipinski definition) is 2. The van der Waals surface area contributed by atoms with Crippen LogP contribution in [0.15, 0.2) is 18.3 Å². The Morgan fingerprint density at radius 1 is 1.50 bits per heavy atom. The Kier molecular flexibility index (Phi) is 4.18. The van der Waals surface area contributed by atoms with E-state index in [-0.39, 0.29) is 5.88 Å². The maximum Gasteiger partial charge on any atom is 0.421 e. The highest BCUT2D eigenvalue weighted by Crippen LogP contribution is 2.35. The number of alkyl halides is 4. The number of hydrogen-bond donors (Lipinski definition) is 0. The van der Waals surface area contributed by atoms with Gasteiger partial charge >= 0.3 is 6.18 Å². The van der Waals surface area contributed by atoms with Crippen molar-refractivity contribution in [2.24, 2.45) is 0 Å². The van der Waals surface area contributed by atoms with Crippen LogP contribution in [0.3, 0.4) is 0 Å². The minimum atomic E-state index is -4.48. The second kappa shape index (κ2) is 5.21. The average molecular weight is 252 g/mol. The molecule has 0 aliphatic carbocycles. The molecule has 1 heterocycles. The first-order valence-corrected chi connectivity index (χ1v) is 4.86. The van der Waals surface area contributed by atoms with Gasteiger partial charge in [0.15, 0.2) is 0 Å². The quantitative estimate of drug-likeness (QED) is 0.769. The summed E-state index contributed by atoms with van der Waals surface area (Å²) in [5.41, 5.74) is -0.569. The van der Waals surface area contributed by atoms with E-state index in [0.717, 1.165) is 13.2 Å². The second-order valence-corrected chi connectivity index (χ2v) is 3.19. The van der Waals surface area contributed by atoms with Crippen molar-refractivity contribution in [2.45, 2.75) is 6.18 Å². The van der Waals surface area contributed by atoms with Crippen LogP contribution in [0.2, 0.25) is 0 Å². The van der Waals surface area contributed by atoms with Crippen LogP contribution < -0.4 is 4.74 Å². The zero-order chi connectivity index (χ0) is 12.2. The molecule has 16 heavy (non-hydrogen) atoms. The van der Waals surface area contributed by atoms with Crippen molar-refractivity contribution in [3.63, 3.8) is 0 Å². The van der Waals surface area contributed by atoms with E-state index in [4.69, 9.17) is 11.6 Å². The lowest BCUT2D eigenvalue weighted by Gasteiger charge is -2.11. The summed E-state index contributed by atoms with van der Waals surface area (Å²) in [6.07, 6.45) is -0.194. The zero-order valence-electron chi connectivity index (χ0n) is 8.38. The Morgan fingerprint density at radius 3 is 2.69 bits per heavy atom. The fourth-order valence-corrected chi connectivity index (χ4v) is 1.19. The van der Waals surface area contributed by atoms with Crippen LogP contribution in [0.1, 0.15) is 11.1 Å². The minimum Gasteiger partial charge on any atom is -0.481 e. The van der Waals surface area contributed by atoms with Gasteiger partial charge in [-0.15, -0.1) is 11.6 Å². The van der Waals surface area contributed by atoms with E-state index in [2.05, 4.69) is 9.72 Å². The largest absolute Gasteiger partial charge is 0.481 e. The van der Waals surface area contributed by atoms with Crippen molar-refractivity contribution in [1.29, 1.82) is 0 Å². The molecule has 1 aromatic rings. The van der Waals surface area contributed by atoms with E-state index >= 15 is 0 Å². The molecule has 6 heteroatoms. The number of rotatable bonds is 3. The molecule has 0 unspecified atom stereocenters. The first kappa shape index (κ1) is 12.8. The van der Waals surface area contributed by atoms with Gasteiger partial charge in [0.25, 0.3) is 0 Å². The van der Waals surface area contributed by atoms with Crippen molar-refractivity contribution >= 4 is 17.7 Å². The predicted molar refractivity (Wildman–Crippen MR) is 55.5 cm³/mol. The van der Waals surface area contributed by atoms with Crippen molar-refractivity contribution in [3.8, 4) is 5.88 Å². The van der Waals surface area contributed by atoms with E-state index in [1.54, 1.807) is 0 Å². The molecule has 1 aromatic heterocycles. The summed E-state index contributed by atoms with van der Waals surface area (Å²) in [7, 11) is 1.14. The van der Waals surface area contributed by atoms with Crippen molar-refractivity contribution in [1.82, 2.24) is 4.98 Å². The maximum atomic E-state index is 12.6. The van der Waals surface area contributed by atoms with E-state index in [0.29, 0.717) is 5.56 Å². The molecule has 0 aliphatic heterocycles. The Bertz CT molecular complexity index is 390. The second-order valence-electron chi connectivity index (χ2n) is 2.88. The summed E-state index contributed by atoms with van der Waals surface area (Å²) in [5.74, 6) is -0.205. The number of nitrogens with zero attached hydrogens (tertiary/aromatic N) is 1. The first-order chi connectivity index (χ1) is 7.49. The zero-order valence-corrected chi connectivity index (χ0v) is 9.14. The Balaban J connectivity index is 3.16. The molecule has 0 N–H and O–H groups in total. The molecule has 1 rings (SSSR count). The van der Waals surface area contributed by atoms with Gasteiger partial charge in [-0.05, 0) is 11.6 Å². The van der Waals surface area contributed by atoms with Crippen molar-refractivity contribution in [3.05, 3.63) is 29.5 Å². The topological polar surface area (TPSA) is 22.1 Å². The normalized spacial score (nSPS) is 12.1. The van der Waals surface area contributed by atoms with Gasteiger partial charge in [0.05, 0.1) is 7.11 Å². The standard InChI is InChI=1S/C10H9ClF3NO/c1-16-9-8(10(12,13)14)5-7(6-15-9)3-2-4-11/h2-3,5-6H,4H2,1H3. The molecule has 0 aromatic carbocycles. The fraction of sp³-hybridized carbons (Fsp3) is 0.300. The monoisotopic (exact) mass is 251 g/mol. The van der Waals surface area contributed by atoms with E-state index in [1.165, 1.54) is 18.3 Å². The summed E-state index contributed by atoms with van der Waals surface area (Å²) in [4.78, 5) is 3.58. The number of halogens is 4. The fourth-order valence-electron chi connectivity index (χ4n) is 1.11. The van der Waals surface area contributed by atoms with Crippen LogP contribution in [-0.2, 0) is 6.18 Å². The lowest BCUT2D eigenvalue weighted by molar-refractivity contribution is -0.139. The predicted octanol–water partition coefficient (Wildman–Crippen LogP) is 3.36. The molecule has 88 valence electrons. The van der Waals surface area contributed by atoms with Gasteiger partial charge in [0.1, 0.15) is 5.56 Å². The van der Waals surface area contributed by atoms with Crippen LogP contribution in [0, 0.1) is 0 Å². The van der Waals surface area contributed by atoms with E-state index in [9.17, 15) is 13.2 Å². The number of ether oxygens (including phenoxy) is 1. The molecule has 2 nitrogen and oxygen atoms in total. The molecule has 0 bridgehead atoms. The SMILES string of the molecule is COc1ncc(C=CCCl)cc1C(F)(F)F. The summed E-state index contributed by atoms with van der Waals surface area (Å²) in [6.45, 7) is 0. The van der Waals surface area contributed by atoms with Gasteiger partial charge in [-0.25, -0.2) is 4.98 Å². The van der Waals surface area contributed by atoms with Gasteiger partial charge in [-0.2, -0.15) is 13.2 Å². The lowest BCUT2D eigenvalue weighted by atomic mass is 10.2. The lowest BCUT2D eigenvalue weighted by Crippen LogP contribution is -2.09. The molecule has 0 atom stereocenters. The van der Waals surface area contributed by atoms with Gasteiger partial charge in [-0.1, -0.05) is 12.2 Å². The number of aromatic nitrogens is 1. The third-order valence-electron chi connectivity index (χ3n) is 1.77. The molecule has 0 aliphatic rings. The van der Waals surface area contributed by atoms with Crippen LogP contribution in [0.4, 0.5) is 13.2 Å². The molecular formula is C10H9ClF3NO. The number of allylic oxidation sites excluding steroid dienone is 1. The van der Waals surface area contributed by atoms with Gasteiger partial charge in [0.2, 0.25) is 5.88 Å². The molecule has 0 amide bonds. The molecule has 0 spiro atoms. The van der Waals surface area contributed by atoms with Crippen LogP contribution in [-0.4, -0.2) is 18.0 Å². The molecular weight excluding hydrogens is 243 g/mol. The van der Waals surface area contributed by atoms with Crippen LogP contribution in [0.5, 0.6) is 5.88 Å². The molecule has 0 saturated carbocycles. The van der Waals surface area contributed by atoms with Gasteiger partial charge in [-0.3, -0.25) is 0 Å². The maximum absolute atomic E-state index is 12.6. The van der Waals surface area contributed by atoms with Crippen LogP contribution in [0.25, 0.3) is 6.08 Å².